The summed E-state index contributed by atoms with van der Waals surface area (Å²) in [5.41, 5.74) is 5.11. The summed E-state index contributed by atoms with van der Waals surface area (Å²) < 4.78 is 25.4. The Labute approximate surface area is 195 Å². The molecule has 0 N–H and O–H groups in total. The van der Waals surface area contributed by atoms with Gasteiger partial charge in [-0.3, -0.25) is 4.79 Å². The summed E-state index contributed by atoms with van der Waals surface area (Å²) in [6.45, 7) is 12.4. The Morgan fingerprint density at radius 2 is 1.88 bits per heavy atom. The first-order valence-corrected chi connectivity index (χ1v) is 11.7. The molecular formula is C28H32FNO3. The van der Waals surface area contributed by atoms with E-state index in [4.69, 9.17) is 9.15 Å². The summed E-state index contributed by atoms with van der Waals surface area (Å²) in [5.74, 6) is 1.51. The van der Waals surface area contributed by atoms with E-state index in [1.54, 1.807) is 24.5 Å². The number of ether oxygens (including phenoxy) is 1. The maximum Gasteiger partial charge on any atom is 0.246 e. The molecule has 0 saturated carbocycles. The minimum atomic E-state index is -0.277. The molecule has 2 atom stereocenters. The van der Waals surface area contributed by atoms with Crippen molar-refractivity contribution < 1.29 is 18.3 Å². The number of rotatable bonds is 5. The second-order valence-corrected chi connectivity index (χ2v) is 9.36. The zero-order valence-corrected chi connectivity index (χ0v) is 20.1. The summed E-state index contributed by atoms with van der Waals surface area (Å²) in [4.78, 5) is 15.1. The lowest BCUT2D eigenvalue weighted by Crippen LogP contribution is -2.41. The van der Waals surface area contributed by atoms with Crippen LogP contribution in [0.3, 0.4) is 0 Å². The maximum atomic E-state index is 13.5. The van der Waals surface area contributed by atoms with Gasteiger partial charge in [-0.05, 0) is 68.4 Å². The summed E-state index contributed by atoms with van der Waals surface area (Å²) in [6.07, 6.45) is 4.58. The molecule has 1 amide bonds. The average Bonchev–Trinajstić information content (AvgIpc) is 3.19. The molecule has 1 aliphatic rings. The highest BCUT2D eigenvalue weighted by molar-refractivity contribution is 6.01. The Hall–Kier alpha value is -3.08. The van der Waals surface area contributed by atoms with Crippen LogP contribution in [0, 0.1) is 24.6 Å². The molecule has 0 aliphatic carbocycles. The fourth-order valence-corrected chi connectivity index (χ4v) is 4.99. The predicted octanol–water partition coefficient (Wildman–Crippen LogP) is 6.85. The molecule has 0 bridgehead atoms. The lowest BCUT2D eigenvalue weighted by Gasteiger charge is -2.34. The quantitative estimate of drug-likeness (QED) is 0.400. The van der Waals surface area contributed by atoms with Gasteiger partial charge in [-0.1, -0.05) is 26.0 Å². The van der Waals surface area contributed by atoms with E-state index in [-0.39, 0.29) is 11.7 Å². The second-order valence-electron chi connectivity index (χ2n) is 9.36. The first kappa shape index (κ1) is 23.1. The van der Waals surface area contributed by atoms with Crippen molar-refractivity contribution in [2.24, 2.45) is 11.8 Å². The molecule has 2 heterocycles. The molecule has 0 radical (unpaired) electrons. The van der Waals surface area contributed by atoms with Crippen molar-refractivity contribution in [3.63, 3.8) is 0 Å². The first-order chi connectivity index (χ1) is 15.8. The topological polar surface area (TPSA) is 42.7 Å². The van der Waals surface area contributed by atoms with Gasteiger partial charge in [0.1, 0.15) is 17.1 Å². The largest absolute Gasteiger partial charge is 0.493 e. The Morgan fingerprint density at radius 1 is 1.21 bits per heavy atom. The molecule has 2 unspecified atom stereocenters. The van der Waals surface area contributed by atoms with Crippen LogP contribution in [-0.2, 0) is 4.79 Å². The third-order valence-electron chi connectivity index (χ3n) is 6.43. The standard InChI is InChI=1S/C28H32FNO3/c1-6-32-27-20(5)28-24(25(16-33-28)21-7-9-22(29)10-8-21)13-23(27)19(4)12-26(31)30-14-17(2)11-18(3)15-30/h7-10,12-13,16-18H,6,11,14-15H2,1-5H3/b19-12+. The van der Waals surface area contributed by atoms with Crippen molar-refractivity contribution in [3.05, 3.63) is 59.6 Å². The van der Waals surface area contributed by atoms with Gasteiger partial charge >= 0.3 is 0 Å². The molecule has 33 heavy (non-hydrogen) atoms. The molecule has 1 fully saturated rings. The van der Waals surface area contributed by atoms with Crippen LogP contribution in [0.1, 0.15) is 45.2 Å². The van der Waals surface area contributed by atoms with E-state index >= 15 is 0 Å². The first-order valence-electron chi connectivity index (χ1n) is 11.7. The number of fused-ring (bicyclic) bond motifs is 1. The highest BCUT2D eigenvalue weighted by atomic mass is 19.1. The Bertz CT molecular complexity index is 1180. The van der Waals surface area contributed by atoms with Gasteiger partial charge in [-0.25, -0.2) is 4.39 Å². The van der Waals surface area contributed by atoms with Gasteiger partial charge in [0.15, 0.2) is 0 Å². The summed E-state index contributed by atoms with van der Waals surface area (Å²) in [7, 11) is 0. The van der Waals surface area contributed by atoms with Crippen LogP contribution in [0.5, 0.6) is 5.75 Å². The van der Waals surface area contributed by atoms with Gasteiger partial charge in [-0.15, -0.1) is 0 Å². The van der Waals surface area contributed by atoms with Crippen LogP contribution in [0.2, 0.25) is 0 Å². The number of likely N-dealkylation sites (tertiary alicyclic amines) is 1. The van der Waals surface area contributed by atoms with Crippen LogP contribution < -0.4 is 4.74 Å². The van der Waals surface area contributed by atoms with E-state index in [2.05, 4.69) is 13.8 Å². The van der Waals surface area contributed by atoms with Crippen molar-refractivity contribution in [2.75, 3.05) is 19.7 Å². The van der Waals surface area contributed by atoms with Crippen molar-refractivity contribution in [2.45, 2.75) is 41.0 Å². The number of carbonyl (C=O) groups excluding carboxylic acids is 1. The number of piperidine rings is 1. The molecular weight excluding hydrogens is 417 g/mol. The third-order valence-corrected chi connectivity index (χ3v) is 6.43. The van der Waals surface area contributed by atoms with Gasteiger partial charge in [0.25, 0.3) is 0 Å². The third kappa shape index (κ3) is 4.68. The normalized spacial score (nSPS) is 19.2. The number of furan rings is 1. The number of nitrogens with zero attached hydrogens (tertiary/aromatic N) is 1. The number of aryl methyl sites for hydroxylation is 1. The Morgan fingerprint density at radius 3 is 2.52 bits per heavy atom. The zero-order valence-electron chi connectivity index (χ0n) is 20.1. The van der Waals surface area contributed by atoms with E-state index in [1.165, 1.54) is 12.1 Å². The fourth-order valence-electron chi connectivity index (χ4n) is 4.99. The average molecular weight is 450 g/mol. The summed E-state index contributed by atoms with van der Waals surface area (Å²) in [6, 6.07) is 8.41. The van der Waals surface area contributed by atoms with E-state index in [9.17, 15) is 9.18 Å². The van der Waals surface area contributed by atoms with Gasteiger partial charge in [0, 0.05) is 41.2 Å². The predicted molar refractivity (Wildman–Crippen MR) is 131 cm³/mol. The van der Waals surface area contributed by atoms with Crippen molar-refractivity contribution in [1.82, 2.24) is 4.90 Å². The van der Waals surface area contributed by atoms with Crippen LogP contribution in [-0.4, -0.2) is 30.5 Å². The highest BCUT2D eigenvalue weighted by Crippen LogP contribution is 2.41. The van der Waals surface area contributed by atoms with E-state index in [1.807, 2.05) is 31.7 Å². The van der Waals surface area contributed by atoms with Gasteiger partial charge in [0.05, 0.1) is 12.9 Å². The zero-order chi connectivity index (χ0) is 23.7. The molecule has 174 valence electrons. The van der Waals surface area contributed by atoms with E-state index in [0.29, 0.717) is 18.4 Å². The van der Waals surface area contributed by atoms with Crippen LogP contribution in [0.25, 0.3) is 27.7 Å². The lowest BCUT2D eigenvalue weighted by atomic mass is 9.91. The van der Waals surface area contributed by atoms with E-state index < -0.39 is 0 Å². The number of benzene rings is 2. The SMILES string of the molecule is CCOc1c(/C(C)=C/C(=O)N2CC(C)CC(C)C2)cc2c(-c3ccc(F)cc3)coc2c1C. The van der Waals surface area contributed by atoms with Crippen LogP contribution in [0.15, 0.2) is 47.1 Å². The van der Waals surface area contributed by atoms with Gasteiger partial charge in [-0.2, -0.15) is 0 Å². The van der Waals surface area contributed by atoms with Crippen LogP contribution >= 0.6 is 0 Å². The Kier molecular flexibility index (Phi) is 6.59. The monoisotopic (exact) mass is 449 g/mol. The fraction of sp³-hybridized carbons (Fsp3) is 0.393. The molecule has 5 heteroatoms. The van der Waals surface area contributed by atoms with Gasteiger partial charge < -0.3 is 14.1 Å². The molecule has 0 spiro atoms. The molecule has 3 aromatic rings. The van der Waals surface area contributed by atoms with E-state index in [0.717, 1.165) is 64.1 Å². The molecule has 1 aromatic heterocycles. The van der Waals surface area contributed by atoms with Crippen molar-refractivity contribution in [1.29, 1.82) is 0 Å². The number of hydrogen-bond acceptors (Lipinski definition) is 3. The number of hydrogen-bond donors (Lipinski definition) is 0. The van der Waals surface area contributed by atoms with Crippen LogP contribution in [0.4, 0.5) is 4.39 Å². The second kappa shape index (κ2) is 9.42. The van der Waals surface area contributed by atoms with Crippen molar-refractivity contribution >= 4 is 22.4 Å². The minimum absolute atomic E-state index is 0.0389. The van der Waals surface area contributed by atoms with Gasteiger partial charge in [0.2, 0.25) is 5.91 Å². The highest BCUT2D eigenvalue weighted by Gasteiger charge is 2.25. The molecule has 1 saturated heterocycles. The Balaban J connectivity index is 1.78. The number of amides is 1. The van der Waals surface area contributed by atoms with Crippen molar-refractivity contribution in [3.8, 4) is 16.9 Å². The molecule has 1 aliphatic heterocycles. The smallest absolute Gasteiger partial charge is 0.246 e. The number of carbonyl (C=O) groups is 1. The molecule has 4 rings (SSSR count). The maximum absolute atomic E-state index is 13.5. The molecule has 4 nitrogen and oxygen atoms in total. The minimum Gasteiger partial charge on any atom is -0.493 e. The number of allylic oxidation sites excluding steroid dienone is 1. The lowest BCUT2D eigenvalue weighted by molar-refractivity contribution is -0.128. The number of halogens is 1. The summed E-state index contributed by atoms with van der Waals surface area (Å²) in [5, 5.41) is 0.915. The summed E-state index contributed by atoms with van der Waals surface area (Å²) >= 11 is 0. The molecule has 2 aromatic carbocycles.